The highest BCUT2D eigenvalue weighted by molar-refractivity contribution is 5.94. The van der Waals surface area contributed by atoms with E-state index in [0.29, 0.717) is 17.9 Å². The standard InChI is InChI=1S/C18H18F3N3O2.2ClH/c1-12-10-22-8-9-24(12)17(25)13-2-5-15(6-3-13)26-16-7-4-14(11-23-16)18(19,20)21;;/h2-7,11-12,22H,8-10H2,1H3;2*1H/t12-;;/m1../s1. The molecule has 0 spiro atoms. The number of pyridine rings is 1. The summed E-state index contributed by atoms with van der Waals surface area (Å²) in [6, 6.07) is 8.64. The molecule has 0 aliphatic carbocycles. The Morgan fingerprint density at radius 1 is 1.18 bits per heavy atom. The predicted molar refractivity (Wildman–Crippen MR) is 104 cm³/mol. The van der Waals surface area contributed by atoms with Gasteiger partial charge in [-0.05, 0) is 37.3 Å². The first-order chi connectivity index (χ1) is 12.3. The third kappa shape index (κ3) is 5.73. The van der Waals surface area contributed by atoms with E-state index in [0.717, 1.165) is 31.4 Å². The molecule has 2 heterocycles. The van der Waals surface area contributed by atoms with Gasteiger partial charge in [0.05, 0.1) is 5.56 Å². The van der Waals surface area contributed by atoms with Crippen LogP contribution in [-0.2, 0) is 6.18 Å². The minimum atomic E-state index is -4.44. The SMILES string of the molecule is C[C@@H]1CNCCN1C(=O)c1ccc(Oc2ccc(C(F)(F)F)cn2)cc1.Cl.Cl. The van der Waals surface area contributed by atoms with E-state index in [-0.39, 0.29) is 42.6 Å². The van der Waals surface area contributed by atoms with Crippen LogP contribution in [0.4, 0.5) is 13.2 Å². The summed E-state index contributed by atoms with van der Waals surface area (Å²) >= 11 is 0. The minimum absolute atomic E-state index is 0. The Morgan fingerprint density at radius 2 is 1.86 bits per heavy atom. The molecule has 154 valence electrons. The van der Waals surface area contributed by atoms with Gasteiger partial charge in [0, 0.05) is 43.5 Å². The molecule has 0 saturated carbocycles. The fraction of sp³-hybridized carbons (Fsp3) is 0.333. The zero-order valence-corrected chi connectivity index (χ0v) is 16.5. The molecule has 1 atom stereocenters. The second-order valence-electron chi connectivity index (χ2n) is 6.06. The van der Waals surface area contributed by atoms with Crippen molar-refractivity contribution in [1.82, 2.24) is 15.2 Å². The number of nitrogens with one attached hydrogen (secondary N) is 1. The molecule has 3 rings (SSSR count). The van der Waals surface area contributed by atoms with Crippen LogP contribution in [0.25, 0.3) is 0 Å². The number of rotatable bonds is 3. The van der Waals surface area contributed by atoms with E-state index in [1.165, 1.54) is 0 Å². The Hall–Kier alpha value is -2.03. The molecular weight excluding hydrogens is 418 g/mol. The van der Waals surface area contributed by atoms with Crippen molar-refractivity contribution in [2.45, 2.75) is 19.1 Å². The van der Waals surface area contributed by atoms with E-state index in [2.05, 4.69) is 10.3 Å². The van der Waals surface area contributed by atoms with Gasteiger partial charge in [-0.15, -0.1) is 24.8 Å². The molecule has 1 saturated heterocycles. The van der Waals surface area contributed by atoms with Gasteiger partial charge in [0.15, 0.2) is 0 Å². The lowest BCUT2D eigenvalue weighted by Gasteiger charge is -2.34. The van der Waals surface area contributed by atoms with Gasteiger partial charge in [-0.2, -0.15) is 13.2 Å². The summed E-state index contributed by atoms with van der Waals surface area (Å²) < 4.78 is 43.0. The second-order valence-corrected chi connectivity index (χ2v) is 6.06. The quantitative estimate of drug-likeness (QED) is 0.782. The molecule has 1 fully saturated rings. The highest BCUT2D eigenvalue weighted by Gasteiger charge is 2.30. The molecular formula is C18H20Cl2F3N3O2. The van der Waals surface area contributed by atoms with Crippen LogP contribution in [0.3, 0.4) is 0 Å². The largest absolute Gasteiger partial charge is 0.439 e. The first-order valence-electron chi connectivity index (χ1n) is 8.17. The molecule has 2 aromatic rings. The highest BCUT2D eigenvalue weighted by Crippen LogP contribution is 2.30. The Bertz CT molecular complexity index is 771. The van der Waals surface area contributed by atoms with Crippen LogP contribution in [0.1, 0.15) is 22.8 Å². The Kier molecular flexibility index (Phi) is 8.53. The molecule has 1 aliphatic heterocycles. The zero-order chi connectivity index (χ0) is 18.7. The molecule has 28 heavy (non-hydrogen) atoms. The third-order valence-corrected chi connectivity index (χ3v) is 4.15. The summed E-state index contributed by atoms with van der Waals surface area (Å²) in [5.41, 5.74) is -0.303. The van der Waals surface area contributed by atoms with E-state index >= 15 is 0 Å². The molecule has 1 N–H and O–H groups in total. The number of hydrogen-bond donors (Lipinski definition) is 1. The smallest absolute Gasteiger partial charge is 0.417 e. The maximum Gasteiger partial charge on any atom is 0.417 e. The lowest BCUT2D eigenvalue weighted by molar-refractivity contribution is -0.137. The van der Waals surface area contributed by atoms with E-state index < -0.39 is 11.7 Å². The molecule has 1 aromatic heterocycles. The van der Waals surface area contributed by atoms with Crippen LogP contribution in [0, 0.1) is 0 Å². The number of ether oxygens (including phenoxy) is 1. The van der Waals surface area contributed by atoms with Gasteiger partial charge in [0.2, 0.25) is 5.88 Å². The molecule has 0 radical (unpaired) electrons. The van der Waals surface area contributed by atoms with Crippen LogP contribution in [0.15, 0.2) is 42.6 Å². The number of alkyl halides is 3. The zero-order valence-electron chi connectivity index (χ0n) is 14.9. The molecule has 5 nitrogen and oxygen atoms in total. The first-order valence-corrected chi connectivity index (χ1v) is 8.17. The number of nitrogens with zero attached hydrogens (tertiary/aromatic N) is 2. The van der Waals surface area contributed by atoms with Gasteiger partial charge in [-0.25, -0.2) is 4.98 Å². The Morgan fingerprint density at radius 3 is 2.39 bits per heavy atom. The van der Waals surface area contributed by atoms with E-state index in [1.54, 1.807) is 24.3 Å². The average molecular weight is 438 g/mol. The van der Waals surface area contributed by atoms with Crippen molar-refractivity contribution in [2.75, 3.05) is 19.6 Å². The van der Waals surface area contributed by atoms with Crippen LogP contribution in [-0.4, -0.2) is 41.5 Å². The first kappa shape index (κ1) is 24.0. The number of piperazine rings is 1. The van der Waals surface area contributed by atoms with Crippen molar-refractivity contribution in [3.63, 3.8) is 0 Å². The molecule has 1 aliphatic rings. The van der Waals surface area contributed by atoms with Crippen molar-refractivity contribution in [3.05, 3.63) is 53.7 Å². The number of aromatic nitrogens is 1. The fourth-order valence-corrected chi connectivity index (χ4v) is 2.70. The topological polar surface area (TPSA) is 54.5 Å². The van der Waals surface area contributed by atoms with Crippen LogP contribution in [0.5, 0.6) is 11.6 Å². The second kappa shape index (κ2) is 9.95. The summed E-state index contributed by atoms with van der Waals surface area (Å²) in [5, 5.41) is 3.23. The summed E-state index contributed by atoms with van der Waals surface area (Å²) in [7, 11) is 0. The van der Waals surface area contributed by atoms with E-state index in [9.17, 15) is 18.0 Å². The third-order valence-electron chi connectivity index (χ3n) is 4.15. The van der Waals surface area contributed by atoms with Crippen molar-refractivity contribution in [1.29, 1.82) is 0 Å². The summed E-state index contributed by atoms with van der Waals surface area (Å²) in [6.07, 6.45) is -3.71. The van der Waals surface area contributed by atoms with E-state index in [1.807, 2.05) is 11.8 Å². The van der Waals surface area contributed by atoms with Crippen LogP contribution >= 0.6 is 24.8 Å². The normalized spacial score (nSPS) is 16.6. The summed E-state index contributed by atoms with van der Waals surface area (Å²) in [6.45, 7) is 4.15. The van der Waals surface area contributed by atoms with Crippen LogP contribution < -0.4 is 10.1 Å². The van der Waals surface area contributed by atoms with Crippen molar-refractivity contribution < 1.29 is 22.7 Å². The maximum absolute atomic E-state index is 12.5. The number of amides is 1. The predicted octanol–water partition coefficient (Wildman–Crippen LogP) is 4.17. The van der Waals surface area contributed by atoms with Crippen molar-refractivity contribution >= 4 is 30.7 Å². The van der Waals surface area contributed by atoms with E-state index in [4.69, 9.17) is 4.74 Å². The van der Waals surface area contributed by atoms with Crippen molar-refractivity contribution in [2.24, 2.45) is 0 Å². The van der Waals surface area contributed by atoms with Gasteiger partial charge >= 0.3 is 6.18 Å². The fourth-order valence-electron chi connectivity index (χ4n) is 2.70. The molecule has 1 aromatic carbocycles. The highest BCUT2D eigenvalue weighted by atomic mass is 35.5. The Balaban J connectivity index is 0.00000196. The molecule has 0 bridgehead atoms. The number of carbonyl (C=O) groups is 1. The number of hydrogen-bond acceptors (Lipinski definition) is 4. The minimum Gasteiger partial charge on any atom is -0.439 e. The van der Waals surface area contributed by atoms with Gasteiger partial charge in [-0.1, -0.05) is 0 Å². The van der Waals surface area contributed by atoms with Crippen LogP contribution in [0.2, 0.25) is 0 Å². The van der Waals surface area contributed by atoms with Crippen molar-refractivity contribution in [3.8, 4) is 11.6 Å². The monoisotopic (exact) mass is 437 g/mol. The lowest BCUT2D eigenvalue weighted by atomic mass is 10.1. The average Bonchev–Trinajstić information content (AvgIpc) is 2.62. The molecule has 10 heteroatoms. The lowest BCUT2D eigenvalue weighted by Crippen LogP contribution is -2.52. The van der Waals surface area contributed by atoms with Gasteiger partial charge in [0.1, 0.15) is 5.75 Å². The maximum atomic E-state index is 12.5. The number of benzene rings is 1. The Labute approximate surface area is 173 Å². The number of halogens is 5. The molecule has 0 unspecified atom stereocenters. The molecule has 1 amide bonds. The van der Waals surface area contributed by atoms with Gasteiger partial charge < -0.3 is 15.0 Å². The van der Waals surface area contributed by atoms with Gasteiger partial charge in [0.25, 0.3) is 5.91 Å². The number of carbonyl (C=O) groups excluding carboxylic acids is 1. The van der Waals surface area contributed by atoms with Gasteiger partial charge in [-0.3, -0.25) is 4.79 Å². The summed E-state index contributed by atoms with van der Waals surface area (Å²) in [5.74, 6) is 0.383. The summed E-state index contributed by atoms with van der Waals surface area (Å²) in [4.78, 5) is 18.0.